The number of amides is 2. The molecular weight excluding hydrogens is 328 g/mol. The maximum Gasteiger partial charge on any atom is 0.346 e. The summed E-state index contributed by atoms with van der Waals surface area (Å²) in [6.45, 7) is 7.44. The number of aliphatic hydroxyl groups is 1. The van der Waals surface area contributed by atoms with Gasteiger partial charge in [-0.1, -0.05) is 27.7 Å². The van der Waals surface area contributed by atoms with E-state index in [4.69, 9.17) is 4.74 Å². The third-order valence-electron chi connectivity index (χ3n) is 5.59. The Bertz CT molecular complexity index is 620. The van der Waals surface area contributed by atoms with Crippen LogP contribution < -0.4 is 0 Å². The summed E-state index contributed by atoms with van der Waals surface area (Å²) in [7, 11) is 0. The molecule has 0 aromatic heterocycles. The van der Waals surface area contributed by atoms with E-state index in [1.165, 1.54) is 0 Å². The lowest BCUT2D eigenvalue weighted by Gasteiger charge is -2.49. The molecule has 4 atom stereocenters. The minimum Gasteiger partial charge on any atom is -0.479 e. The number of carboxylic acids is 1. The molecule has 25 heavy (non-hydrogen) atoms. The van der Waals surface area contributed by atoms with Crippen molar-refractivity contribution in [3.05, 3.63) is 0 Å². The first-order chi connectivity index (χ1) is 11.6. The molecule has 0 aromatic carbocycles. The van der Waals surface area contributed by atoms with Crippen molar-refractivity contribution in [2.24, 2.45) is 11.8 Å². The predicted octanol–water partition coefficient (Wildman–Crippen LogP) is 0.390. The van der Waals surface area contributed by atoms with Gasteiger partial charge >= 0.3 is 5.97 Å². The number of rotatable bonds is 4. The number of carbonyl (C=O) groups is 3. The van der Waals surface area contributed by atoms with Gasteiger partial charge in [-0.05, 0) is 25.2 Å². The smallest absolute Gasteiger partial charge is 0.346 e. The fraction of sp³-hybridized carbons (Fsp3) is 0.824. The van der Waals surface area contributed by atoms with Crippen LogP contribution in [0.5, 0.6) is 0 Å². The summed E-state index contributed by atoms with van der Waals surface area (Å²) >= 11 is 0. The molecule has 2 amide bonds. The molecule has 8 nitrogen and oxygen atoms in total. The van der Waals surface area contributed by atoms with Crippen molar-refractivity contribution in [1.82, 2.24) is 9.80 Å². The lowest BCUT2D eigenvalue weighted by atomic mass is 9.88. The van der Waals surface area contributed by atoms with Crippen molar-refractivity contribution < 1.29 is 29.3 Å². The minimum atomic E-state index is -2.18. The van der Waals surface area contributed by atoms with Gasteiger partial charge in [-0.25, -0.2) is 4.79 Å². The van der Waals surface area contributed by atoms with E-state index in [9.17, 15) is 24.6 Å². The average Bonchev–Trinajstić information content (AvgIpc) is 3.07. The second kappa shape index (κ2) is 5.67. The van der Waals surface area contributed by atoms with Gasteiger partial charge in [-0.15, -0.1) is 0 Å². The van der Waals surface area contributed by atoms with Crippen LogP contribution in [0.2, 0.25) is 0 Å². The summed E-state index contributed by atoms with van der Waals surface area (Å²) in [5.41, 5.74) is -2.18. The van der Waals surface area contributed by atoms with Gasteiger partial charge in [0.2, 0.25) is 11.5 Å². The lowest BCUT2D eigenvalue weighted by molar-refractivity contribution is -0.317. The Morgan fingerprint density at radius 2 is 1.96 bits per heavy atom. The van der Waals surface area contributed by atoms with Crippen LogP contribution >= 0.6 is 0 Å². The van der Waals surface area contributed by atoms with E-state index in [0.717, 1.165) is 4.90 Å². The molecular formula is C17H26N2O6. The van der Waals surface area contributed by atoms with E-state index in [2.05, 4.69) is 0 Å². The fourth-order valence-corrected chi connectivity index (χ4v) is 4.37. The fourth-order valence-electron chi connectivity index (χ4n) is 4.37. The van der Waals surface area contributed by atoms with E-state index in [0.29, 0.717) is 25.8 Å². The number of aliphatic carboxylic acids is 1. The molecule has 0 aromatic rings. The van der Waals surface area contributed by atoms with Crippen molar-refractivity contribution in [2.75, 3.05) is 6.54 Å². The van der Waals surface area contributed by atoms with Crippen molar-refractivity contribution >= 4 is 17.8 Å². The third-order valence-corrected chi connectivity index (χ3v) is 5.59. The molecule has 0 spiro atoms. The molecule has 0 aliphatic carbocycles. The summed E-state index contributed by atoms with van der Waals surface area (Å²) in [5.74, 6) is -5.20. The first kappa shape index (κ1) is 18.1. The largest absolute Gasteiger partial charge is 0.479 e. The zero-order valence-electron chi connectivity index (χ0n) is 15.1. The van der Waals surface area contributed by atoms with E-state index in [1.807, 2.05) is 13.8 Å². The zero-order chi connectivity index (χ0) is 18.7. The Kier molecular flexibility index (Phi) is 4.11. The number of hydrogen-bond donors (Lipinski definition) is 2. The first-order valence-corrected chi connectivity index (χ1v) is 8.87. The first-order valence-electron chi connectivity index (χ1n) is 8.87. The van der Waals surface area contributed by atoms with Crippen LogP contribution in [0, 0.1) is 11.8 Å². The van der Waals surface area contributed by atoms with Crippen LogP contribution in [0.25, 0.3) is 0 Å². The van der Waals surface area contributed by atoms with E-state index < -0.39 is 41.4 Å². The van der Waals surface area contributed by atoms with Gasteiger partial charge in [0.05, 0.1) is 0 Å². The van der Waals surface area contributed by atoms with E-state index in [-0.39, 0.29) is 11.8 Å². The molecule has 0 saturated carbocycles. The maximum absolute atomic E-state index is 13.2. The molecule has 3 aliphatic rings. The third kappa shape index (κ3) is 2.23. The average molecular weight is 354 g/mol. The number of ether oxygens (including phenoxy) is 1. The van der Waals surface area contributed by atoms with Gasteiger partial charge in [0, 0.05) is 12.5 Å². The highest BCUT2D eigenvalue weighted by molar-refractivity contribution is 6.09. The highest BCUT2D eigenvalue weighted by atomic mass is 16.7. The van der Waals surface area contributed by atoms with E-state index >= 15 is 0 Å². The summed E-state index contributed by atoms with van der Waals surface area (Å²) in [4.78, 5) is 40.7. The Hall–Kier alpha value is -1.67. The summed E-state index contributed by atoms with van der Waals surface area (Å²) < 4.78 is 5.69. The normalized spacial score (nSPS) is 37.9. The molecule has 4 unspecified atom stereocenters. The second-order valence-corrected chi connectivity index (χ2v) is 7.97. The maximum atomic E-state index is 13.2. The van der Waals surface area contributed by atoms with Crippen LogP contribution in [0.1, 0.15) is 47.0 Å². The number of nitrogens with zero attached hydrogens (tertiary/aromatic N) is 2. The predicted molar refractivity (Wildman–Crippen MR) is 86.1 cm³/mol. The summed E-state index contributed by atoms with van der Waals surface area (Å²) in [6.07, 6.45) is 1.49. The lowest BCUT2D eigenvalue weighted by Crippen LogP contribution is -2.71. The zero-order valence-corrected chi connectivity index (χ0v) is 15.1. The number of piperazine rings is 1. The Morgan fingerprint density at radius 1 is 1.32 bits per heavy atom. The summed E-state index contributed by atoms with van der Waals surface area (Å²) in [5, 5.41) is 21.1. The molecule has 0 bridgehead atoms. The van der Waals surface area contributed by atoms with Crippen LogP contribution in [0.3, 0.4) is 0 Å². The topological polar surface area (TPSA) is 107 Å². The molecule has 3 aliphatic heterocycles. The molecule has 3 saturated heterocycles. The Labute approximate surface area is 146 Å². The highest BCUT2D eigenvalue weighted by Crippen LogP contribution is 2.48. The standard InChI is InChI=1S/C17H26N2O6/c1-9(2)8-11-13(20)18-7-5-6-12(18)17(24)19(11)14(21)16(25-17,10(3)4)15(22)23/h9-12,24H,5-8H2,1-4H3,(H,22,23). The molecule has 140 valence electrons. The Balaban J connectivity index is 2.15. The molecule has 8 heteroatoms. The van der Waals surface area contributed by atoms with Crippen molar-refractivity contribution in [2.45, 2.75) is 70.6 Å². The van der Waals surface area contributed by atoms with Crippen molar-refractivity contribution in [3.63, 3.8) is 0 Å². The molecule has 2 N–H and O–H groups in total. The number of fused-ring (bicyclic) bond motifs is 3. The molecule has 0 radical (unpaired) electrons. The Morgan fingerprint density at radius 3 is 2.48 bits per heavy atom. The molecule has 3 rings (SSSR count). The highest BCUT2D eigenvalue weighted by Gasteiger charge is 2.73. The van der Waals surface area contributed by atoms with Crippen molar-refractivity contribution in [3.8, 4) is 0 Å². The van der Waals surface area contributed by atoms with Crippen molar-refractivity contribution in [1.29, 1.82) is 0 Å². The van der Waals surface area contributed by atoms with Crippen LogP contribution in [0.4, 0.5) is 0 Å². The second-order valence-electron chi connectivity index (χ2n) is 7.97. The monoisotopic (exact) mass is 354 g/mol. The van der Waals surface area contributed by atoms with Crippen LogP contribution in [-0.4, -0.2) is 67.9 Å². The van der Waals surface area contributed by atoms with Gasteiger partial charge in [-0.2, -0.15) is 0 Å². The van der Waals surface area contributed by atoms with Gasteiger partial charge < -0.3 is 19.8 Å². The van der Waals surface area contributed by atoms with Gasteiger partial charge in [-0.3, -0.25) is 14.5 Å². The van der Waals surface area contributed by atoms with Crippen LogP contribution in [0.15, 0.2) is 0 Å². The van der Waals surface area contributed by atoms with Crippen LogP contribution in [-0.2, 0) is 19.1 Å². The number of carboxylic acid groups (broad SMARTS) is 1. The van der Waals surface area contributed by atoms with Gasteiger partial charge in [0.15, 0.2) is 0 Å². The van der Waals surface area contributed by atoms with E-state index in [1.54, 1.807) is 18.7 Å². The van der Waals surface area contributed by atoms with Gasteiger partial charge in [0.1, 0.15) is 12.1 Å². The number of carbonyl (C=O) groups excluding carboxylic acids is 2. The molecule has 3 heterocycles. The minimum absolute atomic E-state index is 0.0871. The SMILES string of the molecule is CC(C)CC1C(=O)N2CCCC2C2(O)OC(C(=O)O)(C(C)C)C(=O)N12. The summed E-state index contributed by atoms with van der Waals surface area (Å²) in [6, 6.07) is -1.64. The number of hydrogen-bond acceptors (Lipinski definition) is 5. The quantitative estimate of drug-likeness (QED) is 0.707. The molecule has 3 fully saturated rings. The van der Waals surface area contributed by atoms with Gasteiger partial charge in [0.25, 0.3) is 11.8 Å².